The lowest BCUT2D eigenvalue weighted by Crippen LogP contribution is -2.15. The van der Waals surface area contributed by atoms with Gasteiger partial charge in [0, 0.05) is 87.1 Å². The molecule has 0 radical (unpaired) electrons. The Morgan fingerprint density at radius 3 is 1.58 bits per heavy atom. The van der Waals surface area contributed by atoms with Crippen molar-refractivity contribution in [3.05, 3.63) is 170 Å². The van der Waals surface area contributed by atoms with Crippen molar-refractivity contribution in [1.29, 1.82) is 0 Å². The number of fused-ring (bicyclic) bond motifs is 12. The van der Waals surface area contributed by atoms with Gasteiger partial charge in [-0.3, -0.25) is 4.90 Å². The molecule has 0 N–H and O–H groups in total. The van der Waals surface area contributed by atoms with Crippen molar-refractivity contribution >= 4 is 143 Å². The van der Waals surface area contributed by atoms with Crippen LogP contribution in [0.15, 0.2) is 170 Å². The zero-order chi connectivity index (χ0) is 38.6. The molecule has 0 bridgehead atoms. The number of hydrogen-bond acceptors (Lipinski definition) is 8. The molecular formula is C51H28N4S4. The Hall–Kier alpha value is -6.55. The fourth-order valence-electron chi connectivity index (χ4n) is 8.65. The molecule has 4 nitrogen and oxygen atoms in total. The minimum atomic E-state index is 0.574. The van der Waals surface area contributed by atoms with Crippen LogP contribution in [-0.4, -0.2) is 15.0 Å². The molecule has 0 amide bonds. The molecule has 0 atom stereocenters. The average molecular weight is 825 g/mol. The highest BCUT2D eigenvalue weighted by molar-refractivity contribution is 7.27. The third-order valence-corrected chi connectivity index (χ3v) is 16.0. The molecule has 5 heterocycles. The fraction of sp³-hybridized carbons (Fsp3) is 0. The van der Waals surface area contributed by atoms with Crippen LogP contribution in [0.1, 0.15) is 0 Å². The van der Waals surface area contributed by atoms with E-state index in [0.717, 1.165) is 22.5 Å². The maximum Gasteiger partial charge on any atom is 0.238 e. The number of nitrogens with zero attached hydrogens (tertiary/aromatic N) is 4. The van der Waals surface area contributed by atoms with E-state index in [4.69, 9.17) is 15.0 Å². The van der Waals surface area contributed by atoms with E-state index in [-0.39, 0.29) is 0 Å². The Morgan fingerprint density at radius 2 is 0.814 bits per heavy atom. The second kappa shape index (κ2) is 13.0. The van der Waals surface area contributed by atoms with Gasteiger partial charge < -0.3 is 0 Å². The van der Waals surface area contributed by atoms with Crippen LogP contribution >= 0.6 is 45.3 Å². The van der Waals surface area contributed by atoms with E-state index < -0.39 is 0 Å². The van der Waals surface area contributed by atoms with Crippen molar-refractivity contribution in [3.63, 3.8) is 0 Å². The van der Waals surface area contributed by atoms with Crippen LogP contribution in [-0.2, 0) is 0 Å². The van der Waals surface area contributed by atoms with Gasteiger partial charge in [0.25, 0.3) is 0 Å². The van der Waals surface area contributed by atoms with Gasteiger partial charge in [0.2, 0.25) is 5.95 Å². The molecule has 8 heteroatoms. The predicted octanol–water partition coefficient (Wildman–Crippen LogP) is 16.1. The summed E-state index contributed by atoms with van der Waals surface area (Å²) in [6.45, 7) is 0. The highest BCUT2D eigenvalue weighted by atomic mass is 32.1. The lowest BCUT2D eigenvalue weighted by atomic mass is 10.1. The van der Waals surface area contributed by atoms with Gasteiger partial charge in [0.1, 0.15) is 0 Å². The van der Waals surface area contributed by atoms with E-state index >= 15 is 0 Å². The Kier molecular flexibility index (Phi) is 7.35. The summed E-state index contributed by atoms with van der Waals surface area (Å²) in [5.74, 6) is 1.84. The van der Waals surface area contributed by atoms with Crippen LogP contribution in [0.25, 0.3) is 103 Å². The number of thiophene rings is 4. The topological polar surface area (TPSA) is 41.9 Å². The standard InChI is InChI=1S/C51H28N4S4/c1-5-18-40-31(11-1)34-25-23-30(28-46(34)58-40)50-52-49(29-24-26-44-37(27-29)33-13-3-6-19-41(33)56-44)53-51(54-50)55(38-16-10-22-45-47(38)36-14-4-8-21-43(36)57-45)39-17-9-15-35-32-12-2-7-20-42(32)59-48(35)39/h1-28H. The van der Waals surface area contributed by atoms with E-state index in [1.165, 1.54) is 80.7 Å². The number of anilines is 3. The molecule has 13 rings (SSSR count). The number of hydrogen-bond donors (Lipinski definition) is 0. The van der Waals surface area contributed by atoms with Crippen molar-refractivity contribution < 1.29 is 0 Å². The summed E-state index contributed by atoms with van der Waals surface area (Å²) in [6.07, 6.45) is 0. The van der Waals surface area contributed by atoms with Crippen LogP contribution in [0.5, 0.6) is 0 Å². The van der Waals surface area contributed by atoms with Crippen LogP contribution in [0.4, 0.5) is 17.3 Å². The summed E-state index contributed by atoms with van der Waals surface area (Å²) in [7, 11) is 0. The smallest absolute Gasteiger partial charge is 0.238 e. The normalized spacial score (nSPS) is 12.1. The van der Waals surface area contributed by atoms with Gasteiger partial charge in [-0.25, -0.2) is 4.98 Å². The van der Waals surface area contributed by atoms with E-state index in [1.54, 1.807) is 0 Å². The summed E-state index contributed by atoms with van der Waals surface area (Å²) >= 11 is 7.26. The van der Waals surface area contributed by atoms with Crippen LogP contribution in [0, 0.1) is 0 Å². The SMILES string of the molecule is c1ccc2c(c1)sc1cc(-c3nc(-c4ccc5sc6ccccc6c5c4)nc(N(c4cccc5c4sc4ccccc45)c4cccc5sc6ccccc6c45)n3)ccc12. The van der Waals surface area contributed by atoms with Gasteiger partial charge in [-0.2, -0.15) is 9.97 Å². The molecule has 0 spiro atoms. The zero-order valence-electron chi connectivity index (χ0n) is 31.1. The Bertz CT molecular complexity index is 3830. The van der Waals surface area contributed by atoms with Gasteiger partial charge in [0.05, 0.1) is 16.1 Å². The van der Waals surface area contributed by atoms with Crippen molar-refractivity contribution in [3.8, 4) is 22.8 Å². The van der Waals surface area contributed by atoms with Crippen LogP contribution in [0.3, 0.4) is 0 Å². The van der Waals surface area contributed by atoms with Gasteiger partial charge in [0.15, 0.2) is 11.6 Å². The molecule has 0 saturated heterocycles. The number of rotatable bonds is 5. The Morgan fingerprint density at radius 1 is 0.322 bits per heavy atom. The van der Waals surface area contributed by atoms with E-state index in [9.17, 15) is 0 Å². The largest absolute Gasteiger partial charge is 0.277 e. The molecule has 13 aromatic rings. The van der Waals surface area contributed by atoms with Gasteiger partial charge in [-0.05, 0) is 66.7 Å². The van der Waals surface area contributed by atoms with Gasteiger partial charge >= 0.3 is 0 Å². The minimum Gasteiger partial charge on any atom is -0.277 e. The fourth-order valence-corrected chi connectivity index (χ4v) is 13.2. The molecule has 0 fully saturated rings. The Balaban J connectivity index is 1.12. The maximum atomic E-state index is 5.50. The first kappa shape index (κ1) is 33.4. The summed E-state index contributed by atoms with van der Waals surface area (Å²) in [5, 5.41) is 9.84. The van der Waals surface area contributed by atoms with Crippen molar-refractivity contribution in [2.75, 3.05) is 4.90 Å². The molecule has 0 unspecified atom stereocenters. The van der Waals surface area contributed by atoms with Crippen molar-refractivity contribution in [2.24, 2.45) is 0 Å². The number of benzene rings is 8. The van der Waals surface area contributed by atoms with Crippen molar-refractivity contribution in [2.45, 2.75) is 0 Å². The Labute approximate surface area is 353 Å². The van der Waals surface area contributed by atoms with E-state index in [2.05, 4.69) is 175 Å². The summed E-state index contributed by atoms with van der Waals surface area (Å²) in [6, 6.07) is 61.2. The van der Waals surface area contributed by atoms with E-state index in [0.29, 0.717) is 17.6 Å². The predicted molar refractivity (Wildman–Crippen MR) is 257 cm³/mol. The van der Waals surface area contributed by atoms with Crippen LogP contribution in [0.2, 0.25) is 0 Å². The monoisotopic (exact) mass is 824 g/mol. The molecule has 0 aliphatic rings. The molecule has 0 aliphatic heterocycles. The lowest BCUT2D eigenvalue weighted by molar-refractivity contribution is 1.03. The first-order valence-electron chi connectivity index (χ1n) is 19.4. The second-order valence-electron chi connectivity index (χ2n) is 14.7. The van der Waals surface area contributed by atoms with Crippen molar-refractivity contribution in [1.82, 2.24) is 15.0 Å². The summed E-state index contributed by atoms with van der Waals surface area (Å²) < 4.78 is 9.90. The number of aromatic nitrogens is 3. The third kappa shape index (κ3) is 5.21. The third-order valence-electron chi connectivity index (χ3n) is 11.3. The van der Waals surface area contributed by atoms with Gasteiger partial charge in [-0.1, -0.05) is 103 Å². The lowest BCUT2D eigenvalue weighted by Gasteiger charge is -2.25. The molecule has 59 heavy (non-hydrogen) atoms. The summed E-state index contributed by atoms with van der Waals surface area (Å²) in [5.41, 5.74) is 3.98. The molecule has 5 aromatic heterocycles. The van der Waals surface area contributed by atoms with E-state index in [1.807, 2.05) is 45.3 Å². The highest BCUT2D eigenvalue weighted by Crippen LogP contribution is 2.49. The molecule has 276 valence electrons. The minimum absolute atomic E-state index is 0.574. The molecule has 0 aliphatic carbocycles. The highest BCUT2D eigenvalue weighted by Gasteiger charge is 2.26. The first-order chi connectivity index (χ1) is 29.2. The summed E-state index contributed by atoms with van der Waals surface area (Å²) in [4.78, 5) is 18.6. The quantitative estimate of drug-likeness (QED) is 0.173. The second-order valence-corrected chi connectivity index (χ2v) is 19.0. The van der Waals surface area contributed by atoms with Crippen LogP contribution < -0.4 is 4.90 Å². The van der Waals surface area contributed by atoms with Gasteiger partial charge in [-0.15, -0.1) is 45.3 Å². The molecule has 0 saturated carbocycles. The molecule has 8 aromatic carbocycles. The zero-order valence-corrected chi connectivity index (χ0v) is 34.4. The molecular weight excluding hydrogens is 797 g/mol. The average Bonchev–Trinajstić information content (AvgIpc) is 4.06. The first-order valence-corrected chi connectivity index (χ1v) is 22.7. The maximum absolute atomic E-state index is 5.50.